The minimum absolute atomic E-state index is 0.0473. The van der Waals surface area contributed by atoms with Gasteiger partial charge >= 0.3 is 0 Å². The largest absolute Gasteiger partial charge is 0.331 e. The first-order chi connectivity index (χ1) is 13.1. The molecule has 0 aliphatic carbocycles. The molecule has 0 N–H and O–H groups in total. The number of sulfone groups is 1. The second-order valence-electron chi connectivity index (χ2n) is 8.32. The first-order valence-electron chi connectivity index (χ1n) is 9.46. The van der Waals surface area contributed by atoms with Gasteiger partial charge in [-0.05, 0) is 40.5 Å². The lowest BCUT2D eigenvalue weighted by molar-refractivity contribution is -0.128. The van der Waals surface area contributed by atoms with Crippen molar-refractivity contribution in [2.45, 2.75) is 45.2 Å². The Morgan fingerprint density at radius 1 is 1.21 bits per heavy atom. The van der Waals surface area contributed by atoms with Crippen LogP contribution >= 0.6 is 11.3 Å². The number of carbonyl (C=O) groups is 1. The summed E-state index contributed by atoms with van der Waals surface area (Å²) >= 11 is 1.56. The van der Waals surface area contributed by atoms with Gasteiger partial charge in [-0.1, -0.05) is 51.1 Å². The van der Waals surface area contributed by atoms with Gasteiger partial charge in [0, 0.05) is 23.5 Å². The predicted octanol–water partition coefficient (Wildman–Crippen LogP) is 4.27. The molecule has 2 aromatic rings. The molecule has 1 fully saturated rings. The van der Waals surface area contributed by atoms with Crippen LogP contribution in [0.2, 0.25) is 0 Å². The molecule has 1 amide bonds. The lowest BCUT2D eigenvalue weighted by Crippen LogP contribution is -2.39. The van der Waals surface area contributed by atoms with Crippen molar-refractivity contribution in [1.82, 2.24) is 4.90 Å². The van der Waals surface area contributed by atoms with E-state index < -0.39 is 9.84 Å². The molecule has 150 valence electrons. The standard InChI is InChI=1S/C22H27NO3S2/c1-22(2,3)18-8-6-17(7-9-18)15-23(19-12-14-28(25,26)16-19)21(24)11-10-20-5-4-13-27-20/h4-11,13,19H,12,14-16H2,1-3H3/b11-10+/t19-/m1/s1. The second kappa shape index (κ2) is 8.21. The van der Waals surface area contributed by atoms with Crippen molar-refractivity contribution in [3.8, 4) is 0 Å². The summed E-state index contributed by atoms with van der Waals surface area (Å²) in [5, 5.41) is 1.96. The van der Waals surface area contributed by atoms with E-state index in [-0.39, 0.29) is 28.9 Å². The Morgan fingerprint density at radius 2 is 1.93 bits per heavy atom. The summed E-state index contributed by atoms with van der Waals surface area (Å²) < 4.78 is 23.9. The van der Waals surface area contributed by atoms with E-state index in [2.05, 4.69) is 32.9 Å². The number of rotatable bonds is 5. The van der Waals surface area contributed by atoms with Crippen molar-refractivity contribution < 1.29 is 13.2 Å². The van der Waals surface area contributed by atoms with Crippen molar-refractivity contribution >= 4 is 33.2 Å². The van der Waals surface area contributed by atoms with E-state index in [1.165, 1.54) is 5.56 Å². The smallest absolute Gasteiger partial charge is 0.247 e. The van der Waals surface area contributed by atoms with E-state index in [1.807, 2.05) is 29.6 Å². The highest BCUT2D eigenvalue weighted by atomic mass is 32.2. The maximum atomic E-state index is 12.9. The van der Waals surface area contributed by atoms with Crippen molar-refractivity contribution in [3.05, 3.63) is 63.9 Å². The van der Waals surface area contributed by atoms with Gasteiger partial charge in [0.2, 0.25) is 5.91 Å². The van der Waals surface area contributed by atoms with Gasteiger partial charge in [-0.2, -0.15) is 0 Å². The number of nitrogens with zero attached hydrogens (tertiary/aromatic N) is 1. The Kier molecular flexibility index (Phi) is 6.10. The molecule has 1 aliphatic heterocycles. The molecule has 3 rings (SSSR count). The van der Waals surface area contributed by atoms with Crippen LogP contribution in [0.5, 0.6) is 0 Å². The Bertz CT molecular complexity index is 937. The van der Waals surface area contributed by atoms with Crippen LogP contribution in [0.1, 0.15) is 43.2 Å². The molecule has 28 heavy (non-hydrogen) atoms. The van der Waals surface area contributed by atoms with Crippen LogP contribution < -0.4 is 0 Å². The van der Waals surface area contributed by atoms with E-state index in [0.717, 1.165) is 10.4 Å². The molecular formula is C22H27NO3S2. The summed E-state index contributed by atoms with van der Waals surface area (Å²) in [6, 6.07) is 11.9. The summed E-state index contributed by atoms with van der Waals surface area (Å²) in [5.74, 6) is 0.0560. The normalized spacial score (nSPS) is 19.2. The maximum absolute atomic E-state index is 12.9. The lowest BCUT2D eigenvalue weighted by atomic mass is 9.86. The van der Waals surface area contributed by atoms with Crippen LogP contribution in [-0.4, -0.2) is 36.8 Å². The van der Waals surface area contributed by atoms with E-state index in [0.29, 0.717) is 13.0 Å². The molecular weight excluding hydrogens is 390 g/mol. The molecule has 0 radical (unpaired) electrons. The Hall–Kier alpha value is -1.92. The fourth-order valence-corrected chi connectivity index (χ4v) is 5.70. The van der Waals surface area contributed by atoms with Gasteiger partial charge in [0.25, 0.3) is 0 Å². The van der Waals surface area contributed by atoms with Gasteiger partial charge in [0.15, 0.2) is 9.84 Å². The van der Waals surface area contributed by atoms with E-state index in [4.69, 9.17) is 0 Å². The zero-order chi connectivity index (χ0) is 20.4. The van der Waals surface area contributed by atoms with Crippen LogP contribution in [0.15, 0.2) is 47.9 Å². The van der Waals surface area contributed by atoms with Crippen molar-refractivity contribution in [2.75, 3.05) is 11.5 Å². The number of hydrogen-bond donors (Lipinski definition) is 0. The summed E-state index contributed by atoms with van der Waals surface area (Å²) in [6.07, 6.45) is 3.85. The number of hydrogen-bond acceptors (Lipinski definition) is 4. The second-order valence-corrected chi connectivity index (χ2v) is 11.5. The number of thiophene rings is 1. The molecule has 0 spiro atoms. The first-order valence-corrected chi connectivity index (χ1v) is 12.2. The lowest BCUT2D eigenvalue weighted by Gasteiger charge is -2.28. The third-order valence-corrected chi connectivity index (χ3v) is 7.63. The predicted molar refractivity (Wildman–Crippen MR) is 116 cm³/mol. The molecule has 1 aromatic carbocycles. The molecule has 1 aromatic heterocycles. The quantitative estimate of drug-likeness (QED) is 0.683. The SMILES string of the molecule is CC(C)(C)c1ccc(CN(C(=O)/C=C/c2cccs2)[C@@H]2CCS(=O)(=O)C2)cc1. The summed E-state index contributed by atoms with van der Waals surface area (Å²) in [4.78, 5) is 15.6. The van der Waals surface area contributed by atoms with Gasteiger partial charge in [0.1, 0.15) is 0 Å². The minimum atomic E-state index is -3.07. The van der Waals surface area contributed by atoms with Crippen molar-refractivity contribution in [1.29, 1.82) is 0 Å². The van der Waals surface area contributed by atoms with Crippen molar-refractivity contribution in [3.63, 3.8) is 0 Å². The summed E-state index contributed by atoms with van der Waals surface area (Å²) in [6.45, 7) is 6.90. The van der Waals surface area contributed by atoms with Crippen molar-refractivity contribution in [2.24, 2.45) is 0 Å². The summed E-state index contributed by atoms with van der Waals surface area (Å²) in [5.41, 5.74) is 2.31. The van der Waals surface area contributed by atoms with Crippen LogP contribution in [-0.2, 0) is 26.6 Å². The van der Waals surface area contributed by atoms with Gasteiger partial charge in [-0.25, -0.2) is 8.42 Å². The maximum Gasteiger partial charge on any atom is 0.247 e. The zero-order valence-electron chi connectivity index (χ0n) is 16.6. The summed E-state index contributed by atoms with van der Waals surface area (Å²) in [7, 11) is -3.07. The van der Waals surface area contributed by atoms with Gasteiger partial charge in [-0.15, -0.1) is 11.3 Å². The highest BCUT2D eigenvalue weighted by molar-refractivity contribution is 7.91. The zero-order valence-corrected chi connectivity index (χ0v) is 18.2. The third-order valence-electron chi connectivity index (χ3n) is 5.04. The minimum Gasteiger partial charge on any atom is -0.331 e. The number of amides is 1. The van der Waals surface area contributed by atoms with Gasteiger partial charge in [0.05, 0.1) is 11.5 Å². The molecule has 6 heteroatoms. The average molecular weight is 418 g/mol. The van der Waals surface area contributed by atoms with Gasteiger partial charge in [-0.3, -0.25) is 4.79 Å². The highest BCUT2D eigenvalue weighted by Crippen LogP contribution is 2.24. The Morgan fingerprint density at radius 3 is 2.46 bits per heavy atom. The molecule has 0 unspecified atom stereocenters. The average Bonchev–Trinajstić information content (AvgIpc) is 3.26. The molecule has 4 nitrogen and oxygen atoms in total. The molecule has 0 saturated carbocycles. The number of benzene rings is 1. The fraction of sp³-hybridized carbons (Fsp3) is 0.409. The monoisotopic (exact) mass is 417 g/mol. The molecule has 1 aliphatic rings. The van der Waals surface area contributed by atoms with E-state index in [9.17, 15) is 13.2 Å². The van der Waals surface area contributed by atoms with E-state index >= 15 is 0 Å². The Balaban J connectivity index is 1.81. The number of carbonyl (C=O) groups excluding carboxylic acids is 1. The molecule has 1 saturated heterocycles. The molecule has 2 heterocycles. The van der Waals surface area contributed by atoms with E-state index in [1.54, 1.807) is 28.4 Å². The molecule has 0 bridgehead atoms. The van der Waals surface area contributed by atoms with Gasteiger partial charge < -0.3 is 4.90 Å². The van der Waals surface area contributed by atoms with Crippen LogP contribution in [0.4, 0.5) is 0 Å². The fourth-order valence-electron chi connectivity index (χ4n) is 3.35. The van der Waals surface area contributed by atoms with Crippen LogP contribution in [0, 0.1) is 0 Å². The van der Waals surface area contributed by atoms with Crippen LogP contribution in [0.25, 0.3) is 6.08 Å². The first kappa shape index (κ1) is 20.8. The highest BCUT2D eigenvalue weighted by Gasteiger charge is 2.34. The third kappa shape index (κ3) is 5.32. The Labute approximate surface area is 171 Å². The van der Waals surface area contributed by atoms with Crippen LogP contribution in [0.3, 0.4) is 0 Å². The molecule has 1 atom stereocenters. The topological polar surface area (TPSA) is 54.5 Å².